The summed E-state index contributed by atoms with van der Waals surface area (Å²) in [5, 5.41) is 10.6. The standard InChI is InChI=1S/C20H25Cl2NO2.CH4/c1-4-6-15(5-2)19-9-14(13-24)7-8-23(19)12-16-10-17(21)18(22)11-20(16)25-3;/h4-6,10-11,14,19,24H,1-2,7-9,12-13H2,3H3;1H4/b15-6+;. The van der Waals surface area contributed by atoms with Gasteiger partial charge in [0.15, 0.2) is 0 Å². The van der Waals surface area contributed by atoms with E-state index in [1.54, 1.807) is 19.3 Å². The van der Waals surface area contributed by atoms with E-state index in [1.807, 2.05) is 18.2 Å². The molecule has 1 aromatic rings. The summed E-state index contributed by atoms with van der Waals surface area (Å²) in [6.07, 6.45) is 7.46. The second-order valence-corrected chi connectivity index (χ2v) is 7.06. The van der Waals surface area contributed by atoms with Gasteiger partial charge >= 0.3 is 0 Å². The molecule has 5 heteroatoms. The number of nitrogens with zero attached hydrogens (tertiary/aromatic N) is 1. The topological polar surface area (TPSA) is 32.7 Å². The van der Waals surface area contributed by atoms with Gasteiger partial charge in [-0.05, 0) is 36.9 Å². The monoisotopic (exact) mass is 397 g/mol. The largest absolute Gasteiger partial charge is 0.496 e. The van der Waals surface area contributed by atoms with E-state index in [0.29, 0.717) is 22.5 Å². The quantitative estimate of drug-likeness (QED) is 0.615. The van der Waals surface area contributed by atoms with Gasteiger partial charge in [-0.25, -0.2) is 0 Å². The van der Waals surface area contributed by atoms with Crippen LogP contribution in [0.3, 0.4) is 0 Å². The minimum absolute atomic E-state index is 0. The Hall–Kier alpha value is -1.26. The maximum absolute atomic E-state index is 9.58. The van der Waals surface area contributed by atoms with E-state index >= 15 is 0 Å². The highest BCUT2D eigenvalue weighted by Gasteiger charge is 2.30. The highest BCUT2D eigenvalue weighted by molar-refractivity contribution is 6.42. The maximum atomic E-state index is 9.58. The fourth-order valence-electron chi connectivity index (χ4n) is 3.34. The number of allylic oxidation sites excluding steroid dienone is 2. The van der Waals surface area contributed by atoms with Gasteiger partial charge in [-0.1, -0.05) is 62.0 Å². The fraction of sp³-hybridized carbons (Fsp3) is 0.429. The van der Waals surface area contributed by atoms with Crippen molar-refractivity contribution in [3.63, 3.8) is 0 Å². The summed E-state index contributed by atoms with van der Waals surface area (Å²) in [6, 6.07) is 3.78. The summed E-state index contributed by atoms with van der Waals surface area (Å²) >= 11 is 12.3. The predicted octanol–water partition coefficient (Wildman–Crippen LogP) is 5.51. The molecule has 1 saturated heterocycles. The van der Waals surface area contributed by atoms with Crippen molar-refractivity contribution in [1.29, 1.82) is 0 Å². The van der Waals surface area contributed by atoms with E-state index in [0.717, 1.165) is 36.3 Å². The number of aliphatic hydroxyl groups is 1. The van der Waals surface area contributed by atoms with Crippen LogP contribution in [0.25, 0.3) is 0 Å². The second-order valence-electron chi connectivity index (χ2n) is 6.24. The molecule has 0 bridgehead atoms. The number of likely N-dealkylation sites (tertiary alicyclic amines) is 1. The van der Waals surface area contributed by atoms with Crippen LogP contribution in [-0.4, -0.2) is 36.3 Å². The molecule has 0 aromatic heterocycles. The normalized spacial score (nSPS) is 21.0. The van der Waals surface area contributed by atoms with E-state index in [-0.39, 0.29) is 20.1 Å². The second kappa shape index (κ2) is 10.8. The zero-order valence-electron chi connectivity index (χ0n) is 14.5. The van der Waals surface area contributed by atoms with Crippen molar-refractivity contribution in [3.05, 3.63) is 64.7 Å². The molecule has 1 aliphatic rings. The Morgan fingerprint density at radius 2 is 2.04 bits per heavy atom. The van der Waals surface area contributed by atoms with Crippen LogP contribution in [0.2, 0.25) is 10.0 Å². The van der Waals surface area contributed by atoms with Crippen molar-refractivity contribution in [2.45, 2.75) is 32.9 Å². The Morgan fingerprint density at radius 1 is 1.35 bits per heavy atom. The van der Waals surface area contributed by atoms with Crippen LogP contribution in [0.5, 0.6) is 5.75 Å². The first-order chi connectivity index (χ1) is 12.0. The van der Waals surface area contributed by atoms with E-state index in [2.05, 4.69) is 18.1 Å². The third kappa shape index (κ3) is 5.37. The predicted molar refractivity (Wildman–Crippen MR) is 112 cm³/mol. The van der Waals surface area contributed by atoms with Gasteiger partial charge in [0.2, 0.25) is 0 Å². The highest BCUT2D eigenvalue weighted by atomic mass is 35.5. The van der Waals surface area contributed by atoms with Gasteiger partial charge in [0, 0.05) is 30.8 Å². The van der Waals surface area contributed by atoms with Crippen molar-refractivity contribution in [2.24, 2.45) is 5.92 Å². The number of benzene rings is 1. The van der Waals surface area contributed by atoms with Crippen molar-refractivity contribution in [1.82, 2.24) is 4.90 Å². The van der Waals surface area contributed by atoms with E-state index in [1.165, 1.54) is 0 Å². The number of aliphatic hydroxyl groups excluding tert-OH is 1. The molecule has 0 saturated carbocycles. The van der Waals surface area contributed by atoms with Crippen molar-refractivity contribution < 1.29 is 9.84 Å². The Morgan fingerprint density at radius 3 is 2.62 bits per heavy atom. The Kier molecular flexibility index (Phi) is 9.45. The highest BCUT2D eigenvalue weighted by Crippen LogP contribution is 2.34. The molecule has 3 nitrogen and oxygen atoms in total. The molecule has 1 N–H and O–H groups in total. The molecule has 2 atom stereocenters. The Bertz CT molecular complexity index is 658. The van der Waals surface area contributed by atoms with E-state index in [9.17, 15) is 5.11 Å². The summed E-state index contributed by atoms with van der Waals surface area (Å²) in [7, 11) is 1.63. The summed E-state index contributed by atoms with van der Waals surface area (Å²) in [5.41, 5.74) is 2.10. The van der Waals surface area contributed by atoms with Crippen molar-refractivity contribution in [3.8, 4) is 5.75 Å². The minimum atomic E-state index is 0. The third-order valence-corrected chi connectivity index (χ3v) is 5.43. The molecule has 26 heavy (non-hydrogen) atoms. The summed E-state index contributed by atoms with van der Waals surface area (Å²) in [6.45, 7) is 9.50. The molecule has 1 heterocycles. The van der Waals surface area contributed by atoms with Crippen LogP contribution in [0, 0.1) is 5.92 Å². The first kappa shape index (κ1) is 22.8. The van der Waals surface area contributed by atoms with Gasteiger partial charge < -0.3 is 9.84 Å². The van der Waals surface area contributed by atoms with Crippen LogP contribution in [-0.2, 0) is 6.54 Å². The molecule has 0 spiro atoms. The van der Waals surface area contributed by atoms with Gasteiger partial charge in [0.25, 0.3) is 0 Å². The lowest BCUT2D eigenvalue weighted by Crippen LogP contribution is -2.43. The van der Waals surface area contributed by atoms with Crippen molar-refractivity contribution >= 4 is 23.2 Å². The van der Waals surface area contributed by atoms with Crippen LogP contribution in [0.15, 0.2) is 49.1 Å². The molecular formula is C21H29Cl2NO2. The lowest BCUT2D eigenvalue weighted by Gasteiger charge is -2.40. The number of halogens is 2. The number of methoxy groups -OCH3 is 1. The lowest BCUT2D eigenvalue weighted by atomic mass is 9.86. The van der Waals surface area contributed by atoms with E-state index < -0.39 is 0 Å². The number of rotatable bonds is 7. The van der Waals surface area contributed by atoms with Crippen molar-refractivity contribution in [2.75, 3.05) is 20.3 Å². The SMILES string of the molecule is C.C=C/C=C(\C=C)C1CC(CO)CCN1Cc1cc(Cl)c(Cl)cc1OC. The fourth-order valence-corrected chi connectivity index (χ4v) is 3.68. The molecule has 144 valence electrons. The summed E-state index contributed by atoms with van der Waals surface area (Å²) in [5.74, 6) is 1.02. The molecule has 1 aliphatic heterocycles. The Balaban J connectivity index is 0.00000338. The average Bonchev–Trinajstić information content (AvgIpc) is 2.63. The van der Waals surface area contributed by atoms with Crippen LogP contribution in [0.4, 0.5) is 0 Å². The summed E-state index contributed by atoms with van der Waals surface area (Å²) < 4.78 is 5.47. The van der Waals surface area contributed by atoms with Gasteiger partial charge in [-0.15, -0.1) is 0 Å². The molecule has 2 rings (SSSR count). The number of hydrogen-bond donors (Lipinski definition) is 1. The van der Waals surface area contributed by atoms with Gasteiger partial charge in [-0.2, -0.15) is 0 Å². The molecule has 2 unspecified atom stereocenters. The van der Waals surface area contributed by atoms with Crippen LogP contribution in [0.1, 0.15) is 25.8 Å². The Labute approximate surface area is 167 Å². The first-order valence-corrected chi connectivity index (χ1v) is 9.11. The third-order valence-electron chi connectivity index (χ3n) is 4.71. The van der Waals surface area contributed by atoms with Crippen LogP contribution < -0.4 is 4.74 Å². The number of piperidine rings is 1. The minimum Gasteiger partial charge on any atom is -0.496 e. The smallest absolute Gasteiger partial charge is 0.124 e. The molecule has 0 aliphatic carbocycles. The number of ether oxygens (including phenoxy) is 1. The first-order valence-electron chi connectivity index (χ1n) is 8.35. The van der Waals surface area contributed by atoms with Gasteiger partial charge in [-0.3, -0.25) is 4.90 Å². The zero-order valence-corrected chi connectivity index (χ0v) is 16.1. The van der Waals surface area contributed by atoms with Gasteiger partial charge in [0.05, 0.1) is 17.2 Å². The zero-order chi connectivity index (χ0) is 18.4. The van der Waals surface area contributed by atoms with Crippen LogP contribution >= 0.6 is 23.2 Å². The number of hydrogen-bond acceptors (Lipinski definition) is 3. The average molecular weight is 398 g/mol. The van der Waals surface area contributed by atoms with E-state index in [4.69, 9.17) is 27.9 Å². The lowest BCUT2D eigenvalue weighted by molar-refractivity contribution is 0.0924. The molecule has 1 fully saturated rings. The molecular weight excluding hydrogens is 369 g/mol. The molecule has 0 amide bonds. The summed E-state index contributed by atoms with van der Waals surface area (Å²) in [4.78, 5) is 2.37. The molecule has 0 radical (unpaired) electrons. The molecule has 1 aromatic carbocycles. The maximum Gasteiger partial charge on any atom is 0.124 e. The van der Waals surface area contributed by atoms with Gasteiger partial charge in [0.1, 0.15) is 5.75 Å².